The van der Waals surface area contributed by atoms with E-state index in [9.17, 15) is 16.8 Å². The van der Waals surface area contributed by atoms with Crippen LogP contribution in [0.1, 0.15) is 11.4 Å². The molecule has 0 amide bonds. The number of rotatable bonds is 8. The number of ether oxygens (including phenoxy) is 2. The third kappa shape index (κ3) is 4.45. The van der Waals surface area contributed by atoms with E-state index >= 15 is 0 Å². The van der Waals surface area contributed by atoms with Crippen LogP contribution in [0.3, 0.4) is 0 Å². The summed E-state index contributed by atoms with van der Waals surface area (Å²) in [5.74, 6) is 0.958. The maximum absolute atomic E-state index is 14.1. The van der Waals surface area contributed by atoms with E-state index in [4.69, 9.17) is 9.47 Å². The van der Waals surface area contributed by atoms with Crippen molar-refractivity contribution in [3.05, 3.63) is 121 Å². The summed E-state index contributed by atoms with van der Waals surface area (Å²) in [6, 6.07) is 30.2. The van der Waals surface area contributed by atoms with E-state index in [0.29, 0.717) is 44.7 Å². The van der Waals surface area contributed by atoms with E-state index in [1.54, 1.807) is 92.0 Å². The minimum Gasteiger partial charge on any atom is -0.497 e. The molecule has 0 atom stereocenters. The number of aromatic nitrogens is 2. The minimum absolute atomic E-state index is 0.00699. The van der Waals surface area contributed by atoms with Crippen LogP contribution in [0.15, 0.2) is 119 Å². The first-order valence-corrected chi connectivity index (χ1v) is 15.6. The molecule has 0 aliphatic rings. The molecular weight excluding hydrogens is 560 g/mol. The first kappa shape index (κ1) is 26.7. The van der Waals surface area contributed by atoms with Gasteiger partial charge < -0.3 is 9.47 Å². The Morgan fingerprint density at radius 3 is 1.78 bits per heavy atom. The van der Waals surface area contributed by atoms with E-state index in [2.05, 4.69) is 0 Å². The maximum atomic E-state index is 14.1. The van der Waals surface area contributed by atoms with Crippen LogP contribution < -0.4 is 9.47 Å². The van der Waals surface area contributed by atoms with Crippen molar-refractivity contribution in [2.75, 3.05) is 14.2 Å². The van der Waals surface area contributed by atoms with E-state index < -0.39 is 20.0 Å². The van der Waals surface area contributed by atoms with Crippen LogP contribution in [0.2, 0.25) is 0 Å². The Bertz CT molecular complexity index is 2120. The van der Waals surface area contributed by atoms with Gasteiger partial charge in [0.05, 0.1) is 29.5 Å². The van der Waals surface area contributed by atoms with E-state index in [1.807, 2.05) is 0 Å². The van der Waals surface area contributed by atoms with Crippen LogP contribution in [-0.4, -0.2) is 39.0 Å². The smallest absolute Gasteiger partial charge is 0.268 e. The third-order valence-corrected chi connectivity index (χ3v) is 10.5. The Labute approximate surface area is 238 Å². The Kier molecular flexibility index (Phi) is 6.59. The largest absolute Gasteiger partial charge is 0.497 e. The minimum atomic E-state index is -4.09. The highest BCUT2D eigenvalue weighted by Gasteiger charge is 2.28. The van der Waals surface area contributed by atoms with Crippen LogP contribution in [-0.2, 0) is 26.5 Å². The second-order valence-corrected chi connectivity index (χ2v) is 13.0. The molecule has 208 valence electrons. The molecule has 4 aromatic carbocycles. The highest BCUT2D eigenvalue weighted by atomic mass is 32.2. The number of nitrogens with zero attached hydrogens (tertiary/aromatic N) is 2. The van der Waals surface area contributed by atoms with Crippen molar-refractivity contribution in [1.29, 1.82) is 0 Å². The molecule has 0 radical (unpaired) electrons. The summed E-state index contributed by atoms with van der Waals surface area (Å²) in [5.41, 5.74) is 1.61. The second kappa shape index (κ2) is 10.1. The summed E-state index contributed by atoms with van der Waals surface area (Å²) >= 11 is 0. The van der Waals surface area contributed by atoms with Gasteiger partial charge in [0.2, 0.25) is 0 Å². The fourth-order valence-electron chi connectivity index (χ4n) is 5.16. The van der Waals surface area contributed by atoms with Crippen molar-refractivity contribution >= 4 is 41.9 Å². The number of para-hydroxylation sites is 1. The van der Waals surface area contributed by atoms with Gasteiger partial charge in [-0.1, -0.05) is 48.5 Å². The molecule has 0 fully saturated rings. The quantitative estimate of drug-likeness (QED) is 0.228. The van der Waals surface area contributed by atoms with Crippen LogP contribution in [0.4, 0.5) is 0 Å². The summed E-state index contributed by atoms with van der Waals surface area (Å²) in [4.78, 5) is 0.223. The molecule has 8 nitrogen and oxygen atoms in total. The van der Waals surface area contributed by atoms with Gasteiger partial charge in [0.25, 0.3) is 20.0 Å². The van der Waals surface area contributed by atoms with Crippen LogP contribution in [0, 0.1) is 0 Å². The predicted molar refractivity (Wildman–Crippen MR) is 158 cm³/mol. The van der Waals surface area contributed by atoms with Crippen molar-refractivity contribution in [3.63, 3.8) is 0 Å². The Hall–Kier alpha value is -4.54. The average molecular weight is 587 g/mol. The molecule has 0 saturated carbocycles. The number of benzene rings is 4. The number of hydrogen-bond acceptors (Lipinski definition) is 6. The van der Waals surface area contributed by atoms with Gasteiger partial charge in [-0.3, -0.25) is 0 Å². The van der Waals surface area contributed by atoms with Crippen LogP contribution >= 0.6 is 0 Å². The van der Waals surface area contributed by atoms with Gasteiger partial charge in [-0.2, -0.15) is 0 Å². The highest BCUT2D eigenvalue weighted by Crippen LogP contribution is 2.35. The predicted octanol–water partition coefficient (Wildman–Crippen LogP) is 5.68. The number of methoxy groups -OCH3 is 2. The molecule has 41 heavy (non-hydrogen) atoms. The SMILES string of the molecule is COc1ccc2c(c1)cc(Cc1cc3cccc(OC)c3n1S(=O)(=O)c1ccccc1)n2S(=O)(=O)c1ccccc1. The van der Waals surface area contributed by atoms with Gasteiger partial charge in [0.1, 0.15) is 17.0 Å². The third-order valence-electron chi connectivity index (χ3n) is 7.00. The molecule has 2 aromatic heterocycles. The normalized spacial score (nSPS) is 12.1. The van der Waals surface area contributed by atoms with E-state index in [0.717, 1.165) is 0 Å². The molecule has 6 rings (SSSR count). The van der Waals surface area contributed by atoms with Gasteiger partial charge >= 0.3 is 0 Å². The Balaban J connectivity index is 1.63. The van der Waals surface area contributed by atoms with Gasteiger partial charge in [-0.25, -0.2) is 24.8 Å². The van der Waals surface area contributed by atoms with Crippen molar-refractivity contribution in [2.24, 2.45) is 0 Å². The van der Waals surface area contributed by atoms with E-state index in [1.165, 1.54) is 39.3 Å². The van der Waals surface area contributed by atoms with E-state index in [-0.39, 0.29) is 16.2 Å². The zero-order valence-corrected chi connectivity index (χ0v) is 23.9. The molecule has 0 saturated heterocycles. The first-order chi connectivity index (χ1) is 19.8. The standard InChI is InChI=1S/C31H26N2O6S2/c1-38-26-16-17-29-23(20-26)19-24(32(29)40(34,35)27-11-5-3-6-12-27)21-25-18-22-10-9-15-30(39-2)31(22)33(25)41(36,37)28-13-7-4-8-14-28/h3-20H,21H2,1-2H3. The van der Waals surface area contributed by atoms with Crippen molar-refractivity contribution in [2.45, 2.75) is 16.2 Å². The molecule has 10 heteroatoms. The topological polar surface area (TPSA) is 96.6 Å². The summed E-state index contributed by atoms with van der Waals surface area (Å²) in [6.07, 6.45) is -0.00699. The van der Waals surface area contributed by atoms with Crippen LogP contribution in [0.25, 0.3) is 21.8 Å². The molecule has 0 spiro atoms. The monoisotopic (exact) mass is 586 g/mol. The summed E-state index contributed by atoms with van der Waals surface area (Å²) < 4.78 is 69.8. The molecule has 2 heterocycles. The fraction of sp³-hybridized carbons (Fsp3) is 0.0968. The Morgan fingerprint density at radius 1 is 0.585 bits per heavy atom. The molecule has 0 unspecified atom stereocenters. The lowest BCUT2D eigenvalue weighted by atomic mass is 10.2. The molecule has 0 N–H and O–H groups in total. The number of fused-ring (bicyclic) bond motifs is 2. The Morgan fingerprint density at radius 2 is 1.17 bits per heavy atom. The fourth-order valence-corrected chi connectivity index (χ4v) is 8.29. The van der Waals surface area contributed by atoms with Crippen molar-refractivity contribution < 1.29 is 26.3 Å². The molecule has 6 aromatic rings. The lowest BCUT2D eigenvalue weighted by Crippen LogP contribution is -2.19. The summed E-state index contributed by atoms with van der Waals surface area (Å²) in [7, 11) is -5.11. The van der Waals surface area contributed by atoms with Crippen molar-refractivity contribution in [3.8, 4) is 11.5 Å². The second-order valence-electron chi connectivity index (χ2n) is 9.44. The maximum Gasteiger partial charge on any atom is 0.268 e. The highest BCUT2D eigenvalue weighted by molar-refractivity contribution is 7.90. The van der Waals surface area contributed by atoms with Crippen LogP contribution in [0.5, 0.6) is 11.5 Å². The average Bonchev–Trinajstić information content (AvgIpc) is 3.56. The number of hydrogen-bond donors (Lipinski definition) is 0. The lowest BCUT2D eigenvalue weighted by Gasteiger charge is -2.15. The summed E-state index contributed by atoms with van der Waals surface area (Å²) in [5, 5.41) is 1.29. The molecule has 0 aliphatic heterocycles. The molecule has 0 bridgehead atoms. The zero-order chi connectivity index (χ0) is 28.8. The lowest BCUT2D eigenvalue weighted by molar-refractivity contribution is 0.415. The zero-order valence-electron chi connectivity index (χ0n) is 22.3. The molecular formula is C31H26N2O6S2. The van der Waals surface area contributed by atoms with Gasteiger partial charge in [-0.05, 0) is 60.7 Å². The van der Waals surface area contributed by atoms with Crippen molar-refractivity contribution in [1.82, 2.24) is 7.94 Å². The van der Waals surface area contributed by atoms with Gasteiger partial charge in [-0.15, -0.1) is 0 Å². The molecule has 0 aliphatic carbocycles. The van der Waals surface area contributed by atoms with Gasteiger partial charge in [0, 0.05) is 28.6 Å². The summed E-state index contributed by atoms with van der Waals surface area (Å²) in [6.45, 7) is 0. The first-order valence-electron chi connectivity index (χ1n) is 12.7. The van der Waals surface area contributed by atoms with Gasteiger partial charge in [0.15, 0.2) is 0 Å².